The Balaban J connectivity index is 2.17. The zero-order chi connectivity index (χ0) is 15.9. The second-order valence-corrected chi connectivity index (χ2v) is 5.84. The van der Waals surface area contributed by atoms with E-state index in [4.69, 9.17) is 10.2 Å². The smallest absolute Gasteiger partial charge is 0.326 e. The van der Waals surface area contributed by atoms with Crippen LogP contribution >= 0.6 is 0 Å². The van der Waals surface area contributed by atoms with Crippen molar-refractivity contribution < 1.29 is 19.8 Å². The van der Waals surface area contributed by atoms with E-state index in [0.717, 1.165) is 31.2 Å². The van der Waals surface area contributed by atoms with Crippen molar-refractivity contribution in [3.63, 3.8) is 0 Å². The lowest BCUT2D eigenvalue weighted by molar-refractivity contribution is -0.142. The zero-order valence-electron chi connectivity index (χ0n) is 12.6. The number of aliphatic carboxylic acids is 1. The summed E-state index contributed by atoms with van der Waals surface area (Å²) in [4.78, 5) is 23.8. The summed E-state index contributed by atoms with van der Waals surface area (Å²) in [6, 6.07) is 8.50. The monoisotopic (exact) mass is 305 g/mol. The summed E-state index contributed by atoms with van der Waals surface area (Å²) in [6.07, 6.45) is 4.23. The zero-order valence-corrected chi connectivity index (χ0v) is 12.6. The van der Waals surface area contributed by atoms with Gasteiger partial charge in [0.05, 0.1) is 5.92 Å². The van der Waals surface area contributed by atoms with E-state index in [9.17, 15) is 9.59 Å². The molecule has 2 unspecified atom stereocenters. The number of carbonyl (C=O) groups is 2. The van der Waals surface area contributed by atoms with Gasteiger partial charge < -0.3 is 15.5 Å². The molecule has 22 heavy (non-hydrogen) atoms. The highest BCUT2D eigenvalue weighted by Gasteiger charge is 2.33. The highest BCUT2D eigenvalue weighted by Crippen LogP contribution is 2.37. The lowest BCUT2D eigenvalue weighted by atomic mass is 9.84. The van der Waals surface area contributed by atoms with Gasteiger partial charge in [-0.05, 0) is 24.3 Å². The number of nitrogens with one attached hydrogen (secondary N) is 1. The summed E-state index contributed by atoms with van der Waals surface area (Å²) in [5.41, 5.74) is 0.931. The van der Waals surface area contributed by atoms with Gasteiger partial charge in [-0.1, -0.05) is 43.2 Å². The highest BCUT2D eigenvalue weighted by molar-refractivity contribution is 5.88. The van der Waals surface area contributed by atoms with Gasteiger partial charge in [0.2, 0.25) is 5.91 Å². The molecule has 1 saturated carbocycles. The highest BCUT2D eigenvalue weighted by atomic mass is 16.4. The fourth-order valence-electron chi connectivity index (χ4n) is 3.24. The van der Waals surface area contributed by atoms with Crippen LogP contribution in [0, 0.1) is 5.92 Å². The Kier molecular flexibility index (Phi) is 5.95. The average Bonchev–Trinajstić information content (AvgIpc) is 3.02. The molecule has 1 aromatic rings. The van der Waals surface area contributed by atoms with Crippen LogP contribution < -0.4 is 5.32 Å². The Morgan fingerprint density at radius 2 is 1.82 bits per heavy atom. The summed E-state index contributed by atoms with van der Waals surface area (Å²) in [5, 5.41) is 20.7. The lowest BCUT2D eigenvalue weighted by Crippen LogP contribution is -2.44. The van der Waals surface area contributed by atoms with Gasteiger partial charge >= 0.3 is 5.97 Å². The first kappa shape index (κ1) is 16.5. The Morgan fingerprint density at radius 3 is 2.36 bits per heavy atom. The number of hydrogen-bond donors (Lipinski definition) is 3. The van der Waals surface area contributed by atoms with Crippen molar-refractivity contribution in [1.82, 2.24) is 5.32 Å². The van der Waals surface area contributed by atoms with Crippen molar-refractivity contribution in [2.75, 3.05) is 6.61 Å². The van der Waals surface area contributed by atoms with Crippen LogP contribution in [0.4, 0.5) is 0 Å². The molecule has 0 bridgehead atoms. The molecule has 5 nitrogen and oxygen atoms in total. The molecule has 1 aromatic carbocycles. The predicted octanol–water partition coefficient (Wildman–Crippen LogP) is 1.91. The number of carbonyl (C=O) groups excluding carboxylic acids is 1. The van der Waals surface area contributed by atoms with Crippen molar-refractivity contribution in [3.8, 4) is 0 Å². The Bertz CT molecular complexity index is 497. The quantitative estimate of drug-likeness (QED) is 0.718. The van der Waals surface area contributed by atoms with E-state index in [-0.39, 0.29) is 30.8 Å². The molecule has 0 spiro atoms. The molecule has 0 saturated heterocycles. The van der Waals surface area contributed by atoms with E-state index in [0.29, 0.717) is 0 Å². The van der Waals surface area contributed by atoms with Gasteiger partial charge in [0.25, 0.3) is 0 Å². The average molecular weight is 305 g/mol. The molecule has 1 aliphatic rings. The molecule has 0 heterocycles. The Hall–Kier alpha value is -1.88. The molecule has 1 aliphatic carbocycles. The molecule has 2 rings (SSSR count). The first-order valence-corrected chi connectivity index (χ1v) is 7.82. The number of aliphatic hydroxyl groups excluding tert-OH is 1. The van der Waals surface area contributed by atoms with Crippen LogP contribution in [0.1, 0.15) is 43.6 Å². The van der Waals surface area contributed by atoms with E-state index in [1.807, 2.05) is 30.3 Å². The second kappa shape index (κ2) is 7.94. The van der Waals surface area contributed by atoms with Gasteiger partial charge in [-0.2, -0.15) is 0 Å². The summed E-state index contributed by atoms with van der Waals surface area (Å²) >= 11 is 0. The third-order valence-electron chi connectivity index (χ3n) is 4.34. The van der Waals surface area contributed by atoms with Crippen LogP contribution in [-0.4, -0.2) is 34.7 Å². The minimum Gasteiger partial charge on any atom is -0.480 e. The summed E-state index contributed by atoms with van der Waals surface area (Å²) in [6.45, 7) is -0.267. The standard InChI is InChI=1S/C17H23NO4/c19-11-10-14(17(21)22)18-16(20)15(13-8-4-5-9-13)12-6-2-1-3-7-12/h1-3,6-7,13-15,19H,4-5,8-11H2,(H,18,20)(H,21,22). The fourth-order valence-corrected chi connectivity index (χ4v) is 3.24. The van der Waals surface area contributed by atoms with Gasteiger partial charge in [-0.3, -0.25) is 4.79 Å². The summed E-state index contributed by atoms with van der Waals surface area (Å²) in [7, 11) is 0. The van der Waals surface area contributed by atoms with Gasteiger partial charge in [0.1, 0.15) is 6.04 Å². The van der Waals surface area contributed by atoms with Crippen molar-refractivity contribution in [2.24, 2.45) is 5.92 Å². The van der Waals surface area contributed by atoms with Crippen LogP contribution in [0.2, 0.25) is 0 Å². The molecule has 2 atom stereocenters. The minimum absolute atomic E-state index is 0.0211. The van der Waals surface area contributed by atoms with Crippen LogP contribution in [0.25, 0.3) is 0 Å². The van der Waals surface area contributed by atoms with E-state index >= 15 is 0 Å². The first-order valence-electron chi connectivity index (χ1n) is 7.82. The molecule has 1 fully saturated rings. The van der Waals surface area contributed by atoms with E-state index < -0.39 is 12.0 Å². The molecule has 0 aliphatic heterocycles. The Morgan fingerprint density at radius 1 is 1.18 bits per heavy atom. The number of benzene rings is 1. The van der Waals surface area contributed by atoms with Crippen molar-refractivity contribution >= 4 is 11.9 Å². The molecular formula is C17H23NO4. The molecule has 0 aromatic heterocycles. The molecular weight excluding hydrogens is 282 g/mol. The van der Waals surface area contributed by atoms with E-state index in [2.05, 4.69) is 5.32 Å². The maximum absolute atomic E-state index is 12.7. The number of carboxylic acid groups (broad SMARTS) is 1. The summed E-state index contributed by atoms with van der Waals surface area (Å²) < 4.78 is 0. The Labute approximate surface area is 130 Å². The number of hydrogen-bond acceptors (Lipinski definition) is 3. The number of amides is 1. The SMILES string of the molecule is O=C(O)C(CCO)NC(=O)C(c1ccccc1)C1CCCC1. The molecule has 1 amide bonds. The number of carboxylic acids is 1. The third kappa shape index (κ3) is 4.07. The fraction of sp³-hybridized carbons (Fsp3) is 0.529. The van der Waals surface area contributed by atoms with Gasteiger partial charge in [0, 0.05) is 13.0 Å². The molecule has 3 N–H and O–H groups in total. The second-order valence-electron chi connectivity index (χ2n) is 5.84. The van der Waals surface area contributed by atoms with Gasteiger partial charge in [0.15, 0.2) is 0 Å². The van der Waals surface area contributed by atoms with Gasteiger partial charge in [-0.25, -0.2) is 4.79 Å². The van der Waals surface area contributed by atoms with Gasteiger partial charge in [-0.15, -0.1) is 0 Å². The van der Waals surface area contributed by atoms with Crippen molar-refractivity contribution in [2.45, 2.75) is 44.1 Å². The van der Waals surface area contributed by atoms with Crippen molar-refractivity contribution in [1.29, 1.82) is 0 Å². The molecule has 0 radical (unpaired) electrons. The summed E-state index contributed by atoms with van der Waals surface area (Å²) in [5.74, 6) is -1.42. The van der Waals surface area contributed by atoms with E-state index in [1.54, 1.807) is 0 Å². The molecule has 5 heteroatoms. The number of aliphatic hydroxyl groups is 1. The topological polar surface area (TPSA) is 86.6 Å². The maximum Gasteiger partial charge on any atom is 0.326 e. The lowest BCUT2D eigenvalue weighted by Gasteiger charge is -2.25. The van der Waals surface area contributed by atoms with Crippen LogP contribution in [0.15, 0.2) is 30.3 Å². The predicted molar refractivity (Wildman–Crippen MR) is 82.4 cm³/mol. The maximum atomic E-state index is 12.7. The van der Waals surface area contributed by atoms with Crippen LogP contribution in [0.5, 0.6) is 0 Å². The number of rotatable bonds is 7. The normalized spacial score (nSPS) is 17.9. The first-order chi connectivity index (χ1) is 10.6. The van der Waals surface area contributed by atoms with Crippen LogP contribution in [0.3, 0.4) is 0 Å². The van der Waals surface area contributed by atoms with E-state index in [1.165, 1.54) is 0 Å². The van der Waals surface area contributed by atoms with Crippen LogP contribution in [-0.2, 0) is 9.59 Å². The van der Waals surface area contributed by atoms with Crippen molar-refractivity contribution in [3.05, 3.63) is 35.9 Å². The third-order valence-corrected chi connectivity index (χ3v) is 4.34. The minimum atomic E-state index is -1.11. The molecule has 120 valence electrons. The largest absolute Gasteiger partial charge is 0.480 e.